The van der Waals surface area contributed by atoms with E-state index in [2.05, 4.69) is 46.0 Å². The lowest BCUT2D eigenvalue weighted by atomic mass is 9.47. The van der Waals surface area contributed by atoms with E-state index in [0.29, 0.717) is 18.6 Å². The third-order valence-corrected chi connectivity index (χ3v) is 13.3. The Hall–Kier alpha value is -1.15. The van der Waals surface area contributed by atoms with Crippen LogP contribution in [0.4, 0.5) is 4.79 Å². The number of aliphatic hydroxyl groups is 2. The maximum Gasteiger partial charge on any atom is 0.407 e. The van der Waals surface area contributed by atoms with Crippen molar-refractivity contribution in [3.63, 3.8) is 0 Å². The van der Waals surface area contributed by atoms with Crippen molar-refractivity contribution in [3.8, 4) is 0 Å². The molecule has 4 aliphatic carbocycles. The van der Waals surface area contributed by atoms with Gasteiger partial charge < -0.3 is 29.7 Å². The van der Waals surface area contributed by atoms with Gasteiger partial charge in [-0.3, -0.25) is 0 Å². The summed E-state index contributed by atoms with van der Waals surface area (Å²) in [5.74, 6) is 5.05. The first-order chi connectivity index (χ1) is 21.5. The average molecular weight is 632 g/mol. The molecule has 45 heavy (non-hydrogen) atoms. The summed E-state index contributed by atoms with van der Waals surface area (Å²) in [6.45, 7) is 13.7. The Morgan fingerprint density at radius 2 is 1.80 bits per heavy atom. The third-order valence-electron chi connectivity index (χ3n) is 13.3. The van der Waals surface area contributed by atoms with Crippen LogP contribution in [-0.4, -0.2) is 60.7 Å². The number of hydrogen-bond acceptors (Lipinski definition) is 6. The smallest absolute Gasteiger partial charge is 0.407 e. The van der Waals surface area contributed by atoms with Crippen LogP contribution in [0.3, 0.4) is 0 Å². The molecule has 1 heterocycles. The maximum absolute atomic E-state index is 12.6. The third kappa shape index (κ3) is 7.95. The molecule has 3 saturated carbocycles. The molecule has 7 nitrogen and oxygen atoms in total. The lowest BCUT2D eigenvalue weighted by molar-refractivity contribution is -0.153. The zero-order chi connectivity index (χ0) is 32.2. The molecule has 11 atom stereocenters. The number of ether oxygens (including phenoxy) is 3. The zero-order valence-corrected chi connectivity index (χ0v) is 29.1. The van der Waals surface area contributed by atoms with Crippen LogP contribution in [0.25, 0.3) is 0 Å². The molecule has 1 aliphatic heterocycles. The van der Waals surface area contributed by atoms with Gasteiger partial charge in [-0.25, -0.2) is 4.79 Å². The Balaban J connectivity index is 1.02. The summed E-state index contributed by atoms with van der Waals surface area (Å²) in [6, 6.07) is 0. The summed E-state index contributed by atoms with van der Waals surface area (Å²) in [5, 5.41) is 22.2. The van der Waals surface area contributed by atoms with Gasteiger partial charge in [0.25, 0.3) is 0 Å². The molecule has 0 bridgehead atoms. The van der Waals surface area contributed by atoms with Gasteiger partial charge in [0, 0.05) is 19.6 Å². The number of nitrogens with one attached hydrogen (secondary N) is 1. The predicted molar refractivity (Wildman–Crippen MR) is 177 cm³/mol. The van der Waals surface area contributed by atoms with Crippen molar-refractivity contribution < 1.29 is 29.2 Å². The van der Waals surface area contributed by atoms with Crippen molar-refractivity contribution >= 4 is 6.09 Å². The first kappa shape index (κ1) is 35.2. The van der Waals surface area contributed by atoms with Crippen molar-refractivity contribution in [1.29, 1.82) is 0 Å². The number of hydrogen-bond donors (Lipinski definition) is 3. The van der Waals surface area contributed by atoms with Gasteiger partial charge in [-0.15, -0.1) is 0 Å². The van der Waals surface area contributed by atoms with Crippen LogP contribution in [0.1, 0.15) is 131 Å². The number of allylic oxidation sites excluding steroid dienone is 1. The second-order valence-electron chi connectivity index (χ2n) is 16.5. The molecule has 5 aliphatic rings. The van der Waals surface area contributed by atoms with Gasteiger partial charge in [0.05, 0.1) is 6.61 Å². The van der Waals surface area contributed by atoms with Gasteiger partial charge >= 0.3 is 6.09 Å². The minimum absolute atomic E-state index is 0.0129. The molecule has 0 aromatic heterocycles. The largest absolute Gasteiger partial charge is 0.446 e. The fourth-order valence-corrected chi connectivity index (χ4v) is 10.6. The Bertz CT molecular complexity index is 1000. The molecular weight excluding hydrogens is 566 g/mol. The average Bonchev–Trinajstić information content (AvgIpc) is 3.52. The van der Waals surface area contributed by atoms with Gasteiger partial charge in [0.2, 0.25) is 0 Å². The van der Waals surface area contributed by atoms with E-state index >= 15 is 0 Å². The van der Waals surface area contributed by atoms with Gasteiger partial charge in [0.1, 0.15) is 18.3 Å². The van der Waals surface area contributed by atoms with Gasteiger partial charge in [-0.05, 0) is 104 Å². The normalized spacial score (nSPS) is 40.0. The highest BCUT2D eigenvalue weighted by molar-refractivity contribution is 5.67. The Labute approximate surface area is 273 Å². The topological polar surface area (TPSA) is 97.3 Å². The van der Waals surface area contributed by atoms with Crippen LogP contribution in [0.2, 0.25) is 0 Å². The highest BCUT2D eigenvalue weighted by atomic mass is 16.7. The molecule has 7 heteroatoms. The maximum atomic E-state index is 12.6. The molecule has 1 saturated heterocycles. The number of alkyl carbamates (subject to hydrolysis) is 1. The lowest BCUT2D eigenvalue weighted by Gasteiger charge is -2.58. The van der Waals surface area contributed by atoms with Crippen LogP contribution in [-0.2, 0) is 14.2 Å². The van der Waals surface area contributed by atoms with Crippen LogP contribution in [0.5, 0.6) is 0 Å². The van der Waals surface area contributed by atoms with Crippen LogP contribution in [0, 0.1) is 46.3 Å². The fraction of sp³-hybridized carbons (Fsp3) is 0.921. The molecule has 0 spiro atoms. The minimum Gasteiger partial charge on any atom is -0.446 e. The molecule has 0 aromatic carbocycles. The summed E-state index contributed by atoms with van der Waals surface area (Å²) in [4.78, 5) is 12.6. The SMILES string of the molecule is CC(C)CCC[C@@H](C)[C@H]1CC[C@H]2[C@@H]3CC=C4C[C@@H](OC(=O)NCCCCCCO[C@H]5OC[C@@H](O)[C@@H]5O)CC[C@]4(C)[C@H]3CC[C@]12C. The zero-order valence-electron chi connectivity index (χ0n) is 29.1. The summed E-state index contributed by atoms with van der Waals surface area (Å²) in [7, 11) is 0. The first-order valence-electron chi connectivity index (χ1n) is 18.8. The summed E-state index contributed by atoms with van der Waals surface area (Å²) in [5.41, 5.74) is 2.36. The molecule has 0 aromatic rings. The van der Waals surface area contributed by atoms with E-state index in [1.165, 1.54) is 51.4 Å². The molecule has 0 radical (unpaired) electrons. The van der Waals surface area contributed by atoms with Gasteiger partial charge in [-0.1, -0.05) is 78.4 Å². The molecular formula is C38H65NO6. The van der Waals surface area contributed by atoms with Crippen LogP contribution >= 0.6 is 0 Å². The standard InChI is InChI=1S/C38H65NO6/c1-25(2)11-10-12-26(3)30-15-16-31-29-14-13-27-23-28(17-19-37(27,4)32(29)18-20-38(30,31)5)45-36(42)39-21-8-6-7-9-22-43-35-34(41)33(40)24-44-35/h13,25-26,28-35,40-41H,6-12,14-24H2,1-5H3,(H,39,42)/t26-,28+,29+,30-,31+,32+,33-,34+,35+,37+,38-/m1/s1. The predicted octanol–water partition coefficient (Wildman–Crippen LogP) is 7.78. The second-order valence-corrected chi connectivity index (χ2v) is 16.5. The van der Waals surface area contributed by atoms with E-state index in [0.717, 1.165) is 80.5 Å². The molecule has 4 fully saturated rings. The number of unbranched alkanes of at least 4 members (excludes halogenated alkanes) is 3. The lowest BCUT2D eigenvalue weighted by Crippen LogP contribution is -2.51. The molecule has 0 unspecified atom stereocenters. The van der Waals surface area contributed by atoms with E-state index in [9.17, 15) is 15.0 Å². The molecule has 258 valence electrons. The Morgan fingerprint density at radius 3 is 2.56 bits per heavy atom. The Morgan fingerprint density at radius 1 is 1.00 bits per heavy atom. The minimum atomic E-state index is -0.967. The number of rotatable bonds is 14. The number of carbonyl (C=O) groups is 1. The van der Waals surface area contributed by atoms with Gasteiger partial charge in [-0.2, -0.15) is 0 Å². The fourth-order valence-electron chi connectivity index (χ4n) is 10.6. The Kier molecular flexibility index (Phi) is 12.0. The molecule has 1 amide bonds. The van der Waals surface area contributed by atoms with Crippen molar-refractivity contribution in [2.24, 2.45) is 46.3 Å². The highest BCUT2D eigenvalue weighted by Crippen LogP contribution is 2.67. The first-order valence-corrected chi connectivity index (χ1v) is 18.8. The van der Waals surface area contributed by atoms with E-state index in [-0.39, 0.29) is 24.2 Å². The number of carbonyl (C=O) groups excluding carboxylic acids is 1. The molecule has 3 N–H and O–H groups in total. The van der Waals surface area contributed by atoms with Crippen LogP contribution < -0.4 is 5.32 Å². The van der Waals surface area contributed by atoms with Crippen molar-refractivity contribution in [2.45, 2.75) is 156 Å². The molecule has 5 rings (SSSR count). The van der Waals surface area contributed by atoms with E-state index in [1.54, 1.807) is 5.57 Å². The van der Waals surface area contributed by atoms with Crippen molar-refractivity contribution in [3.05, 3.63) is 11.6 Å². The van der Waals surface area contributed by atoms with Gasteiger partial charge in [0.15, 0.2) is 6.29 Å². The summed E-state index contributed by atoms with van der Waals surface area (Å²) < 4.78 is 16.7. The second kappa shape index (κ2) is 15.4. The highest BCUT2D eigenvalue weighted by Gasteiger charge is 2.59. The number of fused-ring (bicyclic) bond motifs is 5. The quantitative estimate of drug-likeness (QED) is 0.134. The number of amides is 1. The monoisotopic (exact) mass is 631 g/mol. The number of aliphatic hydroxyl groups excluding tert-OH is 2. The van der Waals surface area contributed by atoms with Crippen molar-refractivity contribution in [2.75, 3.05) is 19.8 Å². The van der Waals surface area contributed by atoms with E-state index < -0.39 is 18.5 Å². The van der Waals surface area contributed by atoms with Crippen LogP contribution in [0.15, 0.2) is 11.6 Å². The summed E-state index contributed by atoms with van der Waals surface area (Å²) in [6.07, 6.45) is 17.5. The summed E-state index contributed by atoms with van der Waals surface area (Å²) >= 11 is 0. The van der Waals surface area contributed by atoms with E-state index in [1.807, 2.05) is 0 Å². The van der Waals surface area contributed by atoms with E-state index in [4.69, 9.17) is 14.2 Å². The van der Waals surface area contributed by atoms with Crippen molar-refractivity contribution in [1.82, 2.24) is 5.32 Å².